The van der Waals surface area contributed by atoms with Gasteiger partial charge < -0.3 is 9.47 Å². The maximum Gasteiger partial charge on any atom is 0.227 e. The Morgan fingerprint density at radius 1 is 0.906 bits per heavy atom. The van der Waals surface area contributed by atoms with Crippen LogP contribution in [0.4, 0.5) is 5.95 Å². The third-order valence-corrected chi connectivity index (χ3v) is 6.78. The molecule has 164 valence electrons. The second kappa shape index (κ2) is 7.39. The van der Waals surface area contributed by atoms with E-state index in [1.165, 1.54) is 24.8 Å². The minimum atomic E-state index is 0.348. The first-order chi connectivity index (χ1) is 15.6. The van der Waals surface area contributed by atoms with Crippen molar-refractivity contribution >= 4 is 17.0 Å². The third kappa shape index (κ3) is 3.25. The Morgan fingerprint density at radius 3 is 2.47 bits per heavy atom. The van der Waals surface area contributed by atoms with Crippen molar-refractivity contribution in [1.82, 2.24) is 34.3 Å². The minimum Gasteiger partial charge on any atom is -0.341 e. The van der Waals surface area contributed by atoms with Gasteiger partial charge in [0.15, 0.2) is 5.82 Å². The standard InChI is InChI=1S/C24H28N8/c1-15-25-16(2)32(29-15)22-14-20(27-24(28-22)31-11-7-4-8-12-31)17-13-18(17)23-26-19-9-5-6-10-21(19)30(23)3/h5-6,9-10,14,17-18H,4,7-8,11-13H2,1-3H3. The lowest BCUT2D eigenvalue weighted by Crippen LogP contribution is -2.31. The van der Waals surface area contributed by atoms with E-state index in [0.29, 0.717) is 11.8 Å². The molecule has 0 bridgehead atoms. The van der Waals surface area contributed by atoms with Crippen LogP contribution in [0.1, 0.15) is 60.7 Å². The van der Waals surface area contributed by atoms with Gasteiger partial charge in [-0.2, -0.15) is 9.67 Å². The van der Waals surface area contributed by atoms with Crippen LogP contribution in [-0.2, 0) is 7.05 Å². The number of hydrogen-bond donors (Lipinski definition) is 0. The van der Waals surface area contributed by atoms with Crippen molar-refractivity contribution in [3.05, 3.63) is 53.5 Å². The first kappa shape index (κ1) is 19.4. The van der Waals surface area contributed by atoms with Crippen molar-refractivity contribution in [3.63, 3.8) is 0 Å². The van der Waals surface area contributed by atoms with Gasteiger partial charge in [-0.15, -0.1) is 5.10 Å². The molecule has 6 rings (SSSR count). The number of nitrogens with zero attached hydrogens (tertiary/aromatic N) is 8. The van der Waals surface area contributed by atoms with Crippen LogP contribution in [0.3, 0.4) is 0 Å². The van der Waals surface area contributed by atoms with E-state index in [-0.39, 0.29) is 0 Å². The second-order valence-corrected chi connectivity index (χ2v) is 9.08. The monoisotopic (exact) mass is 428 g/mol. The summed E-state index contributed by atoms with van der Waals surface area (Å²) in [5.74, 6) is 5.10. The number of imidazole rings is 1. The van der Waals surface area contributed by atoms with E-state index in [1.54, 1.807) is 0 Å². The Morgan fingerprint density at radius 2 is 1.72 bits per heavy atom. The Hall–Kier alpha value is -3.29. The average molecular weight is 429 g/mol. The molecule has 2 aliphatic rings. The molecule has 1 saturated carbocycles. The summed E-state index contributed by atoms with van der Waals surface area (Å²) in [4.78, 5) is 21.7. The summed E-state index contributed by atoms with van der Waals surface area (Å²) in [5.41, 5.74) is 3.32. The van der Waals surface area contributed by atoms with Crippen molar-refractivity contribution in [3.8, 4) is 5.82 Å². The van der Waals surface area contributed by atoms with Crippen molar-refractivity contribution < 1.29 is 0 Å². The minimum absolute atomic E-state index is 0.348. The number of aryl methyl sites for hydroxylation is 3. The van der Waals surface area contributed by atoms with Gasteiger partial charge >= 0.3 is 0 Å². The first-order valence-electron chi connectivity index (χ1n) is 11.5. The molecule has 0 N–H and O–H groups in total. The molecule has 3 aromatic heterocycles. The lowest BCUT2D eigenvalue weighted by molar-refractivity contribution is 0.566. The topological polar surface area (TPSA) is 77.5 Å². The highest BCUT2D eigenvalue weighted by Crippen LogP contribution is 2.54. The number of piperidine rings is 1. The molecular formula is C24H28N8. The summed E-state index contributed by atoms with van der Waals surface area (Å²) >= 11 is 0. The number of benzene rings is 1. The highest BCUT2D eigenvalue weighted by molar-refractivity contribution is 5.76. The van der Waals surface area contributed by atoms with Crippen molar-refractivity contribution in [1.29, 1.82) is 0 Å². The lowest BCUT2D eigenvalue weighted by atomic mass is 10.1. The molecule has 0 amide bonds. The summed E-state index contributed by atoms with van der Waals surface area (Å²) in [6.07, 6.45) is 4.72. The molecule has 1 aliphatic heterocycles. The summed E-state index contributed by atoms with van der Waals surface area (Å²) in [5, 5.41) is 4.59. The van der Waals surface area contributed by atoms with Crippen LogP contribution in [-0.4, -0.2) is 47.4 Å². The van der Waals surface area contributed by atoms with E-state index < -0.39 is 0 Å². The molecular weight excluding hydrogens is 400 g/mol. The van der Waals surface area contributed by atoms with Gasteiger partial charge in [0.2, 0.25) is 5.95 Å². The SMILES string of the molecule is Cc1nc(C)n(-c2cc(C3CC3c3nc4ccccc4n3C)nc(N3CCCCC3)n2)n1. The molecule has 8 nitrogen and oxygen atoms in total. The summed E-state index contributed by atoms with van der Waals surface area (Å²) in [6.45, 7) is 5.91. The third-order valence-electron chi connectivity index (χ3n) is 6.78. The molecule has 32 heavy (non-hydrogen) atoms. The maximum absolute atomic E-state index is 5.06. The number of para-hydroxylation sites is 2. The molecule has 8 heteroatoms. The van der Waals surface area contributed by atoms with E-state index in [0.717, 1.165) is 60.0 Å². The van der Waals surface area contributed by atoms with Crippen molar-refractivity contribution in [2.75, 3.05) is 18.0 Å². The molecule has 0 radical (unpaired) electrons. The maximum atomic E-state index is 5.06. The highest BCUT2D eigenvalue weighted by atomic mass is 15.4. The van der Waals surface area contributed by atoms with Gasteiger partial charge in [0.25, 0.3) is 0 Å². The number of rotatable bonds is 4. The highest BCUT2D eigenvalue weighted by Gasteiger charge is 2.44. The van der Waals surface area contributed by atoms with E-state index in [1.807, 2.05) is 24.6 Å². The van der Waals surface area contributed by atoms with Gasteiger partial charge in [-0.05, 0) is 51.7 Å². The zero-order chi connectivity index (χ0) is 21.8. The number of fused-ring (bicyclic) bond motifs is 1. The van der Waals surface area contributed by atoms with Gasteiger partial charge in [-0.3, -0.25) is 0 Å². The fraction of sp³-hybridized carbons (Fsp3) is 0.458. The number of hydrogen-bond acceptors (Lipinski definition) is 6. The van der Waals surface area contributed by atoms with Gasteiger partial charge in [-0.1, -0.05) is 12.1 Å². The van der Waals surface area contributed by atoms with Crippen molar-refractivity contribution in [2.24, 2.45) is 7.05 Å². The molecule has 1 aliphatic carbocycles. The van der Waals surface area contributed by atoms with Gasteiger partial charge in [-0.25, -0.2) is 15.0 Å². The van der Waals surface area contributed by atoms with Crippen LogP contribution in [0.5, 0.6) is 0 Å². The second-order valence-electron chi connectivity index (χ2n) is 9.08. The predicted octanol–water partition coefficient (Wildman–Crippen LogP) is 3.82. The van der Waals surface area contributed by atoms with Crippen LogP contribution in [0.2, 0.25) is 0 Å². The molecule has 2 unspecified atom stereocenters. The fourth-order valence-electron chi connectivity index (χ4n) is 5.01. The fourth-order valence-corrected chi connectivity index (χ4v) is 5.01. The number of anilines is 1. The van der Waals surface area contributed by atoms with E-state index in [4.69, 9.17) is 15.0 Å². The Labute approximate surface area is 187 Å². The zero-order valence-electron chi connectivity index (χ0n) is 18.9. The summed E-state index contributed by atoms with van der Waals surface area (Å²) < 4.78 is 4.08. The molecule has 4 heterocycles. The van der Waals surface area contributed by atoms with Crippen LogP contribution in [0.25, 0.3) is 16.9 Å². The molecule has 1 aromatic carbocycles. The largest absolute Gasteiger partial charge is 0.341 e. The molecule has 2 atom stereocenters. The molecule has 0 spiro atoms. The Balaban J connectivity index is 1.39. The molecule has 1 saturated heterocycles. The van der Waals surface area contributed by atoms with E-state index in [9.17, 15) is 0 Å². The van der Waals surface area contributed by atoms with Crippen LogP contribution < -0.4 is 4.90 Å². The first-order valence-corrected chi connectivity index (χ1v) is 11.5. The Bertz CT molecular complexity index is 1300. The van der Waals surface area contributed by atoms with Crippen LogP contribution in [0.15, 0.2) is 30.3 Å². The average Bonchev–Trinajstić information content (AvgIpc) is 3.44. The number of aromatic nitrogens is 7. The summed E-state index contributed by atoms with van der Waals surface area (Å²) in [6, 6.07) is 10.4. The van der Waals surface area contributed by atoms with E-state index in [2.05, 4.69) is 50.9 Å². The normalized spacial score (nSPS) is 20.8. The molecule has 2 fully saturated rings. The van der Waals surface area contributed by atoms with Crippen LogP contribution >= 0.6 is 0 Å². The molecule has 4 aromatic rings. The van der Waals surface area contributed by atoms with Crippen LogP contribution in [0, 0.1) is 13.8 Å². The van der Waals surface area contributed by atoms with E-state index >= 15 is 0 Å². The van der Waals surface area contributed by atoms with Crippen molar-refractivity contribution in [2.45, 2.75) is 51.4 Å². The smallest absolute Gasteiger partial charge is 0.227 e. The Kier molecular flexibility index (Phi) is 4.48. The van der Waals surface area contributed by atoms with Gasteiger partial charge in [0.1, 0.15) is 17.5 Å². The quantitative estimate of drug-likeness (QED) is 0.492. The van der Waals surface area contributed by atoms with Gasteiger partial charge in [0, 0.05) is 38.0 Å². The predicted molar refractivity (Wildman–Crippen MR) is 123 cm³/mol. The van der Waals surface area contributed by atoms with Gasteiger partial charge in [0.05, 0.1) is 16.7 Å². The zero-order valence-corrected chi connectivity index (χ0v) is 18.9. The lowest BCUT2D eigenvalue weighted by Gasteiger charge is -2.27. The summed E-state index contributed by atoms with van der Waals surface area (Å²) in [7, 11) is 2.12.